The molecule has 0 radical (unpaired) electrons. The third-order valence-electron chi connectivity index (χ3n) is 8.64. The summed E-state index contributed by atoms with van der Waals surface area (Å²) in [6.07, 6.45) is 5.77. The first kappa shape index (κ1) is 17.7. The topological polar surface area (TPSA) is 83.8 Å². The fourth-order valence-electron chi connectivity index (χ4n) is 7.30. The largest absolute Gasteiger partial charge is 0.390 e. The normalized spacial score (nSPS) is 52.8. The second kappa shape index (κ2) is 5.16. The first-order valence-corrected chi connectivity index (χ1v) is 9.84. The summed E-state index contributed by atoms with van der Waals surface area (Å²) in [7, 11) is 0. The number of Topliss-reactive ketones (excluding diaryl/α,β-unsaturated/α-hetero) is 1. The fourth-order valence-corrected chi connectivity index (χ4v) is 7.30. The van der Waals surface area contributed by atoms with Gasteiger partial charge in [0, 0.05) is 16.7 Å². The zero-order chi connectivity index (χ0) is 19.2. The molecule has 6 heteroatoms. The molecule has 1 heterocycles. The molecule has 1 saturated heterocycles. The molecule has 146 valence electrons. The summed E-state index contributed by atoms with van der Waals surface area (Å²) >= 11 is 0. The Morgan fingerprint density at radius 3 is 2.81 bits per heavy atom. The number of carbonyl (C=O) groups excluding carboxylic acids is 2. The Morgan fingerprint density at radius 2 is 2.15 bits per heavy atom. The van der Waals surface area contributed by atoms with E-state index in [4.69, 9.17) is 4.74 Å². The molecule has 0 bridgehead atoms. The molecule has 4 aliphatic carbocycles. The van der Waals surface area contributed by atoms with E-state index in [1.165, 1.54) is 12.2 Å². The lowest BCUT2D eigenvalue weighted by molar-refractivity contribution is -0.303. The van der Waals surface area contributed by atoms with Crippen LogP contribution in [0.4, 0.5) is 4.39 Å². The van der Waals surface area contributed by atoms with Crippen LogP contribution in [-0.4, -0.2) is 52.4 Å². The standard InChI is InChI=1S/C21H25FO5/c1-18-6-4-13(24)8-12(18)2-3-15-14-5-7-20(17(26)10-23)19(14,11-27-20)9-16(25)21(15,18)22/h4,6,8,14-16,23,25H,2-3,5,7,9-11H2,1H3/t14-,15-,16-,18-,19+,20-,21-/m0/s1. The van der Waals surface area contributed by atoms with Crippen molar-refractivity contribution >= 4 is 11.6 Å². The Morgan fingerprint density at radius 1 is 1.37 bits per heavy atom. The van der Waals surface area contributed by atoms with Crippen molar-refractivity contribution in [3.8, 4) is 0 Å². The van der Waals surface area contributed by atoms with Crippen molar-refractivity contribution < 1.29 is 28.9 Å². The molecular weight excluding hydrogens is 351 g/mol. The minimum Gasteiger partial charge on any atom is -0.390 e. The Bertz CT molecular complexity index is 804. The van der Waals surface area contributed by atoms with E-state index < -0.39 is 40.7 Å². The molecule has 27 heavy (non-hydrogen) atoms. The number of hydrogen-bond donors (Lipinski definition) is 2. The SMILES string of the molecule is C[C@]12C=CC(=O)C=C1CC[C@H]1[C@@H]3CC[C@@]4(C(=O)CO)OC[C@]34C[C@H](O)[C@@]12F. The van der Waals surface area contributed by atoms with Crippen LogP contribution in [0.3, 0.4) is 0 Å². The average Bonchev–Trinajstić information content (AvgIpc) is 2.85. The van der Waals surface area contributed by atoms with Crippen molar-refractivity contribution in [2.75, 3.05) is 13.2 Å². The molecule has 3 saturated carbocycles. The highest BCUT2D eigenvalue weighted by molar-refractivity contribution is 6.01. The molecule has 0 aromatic carbocycles. The number of ether oxygens (including phenoxy) is 1. The van der Waals surface area contributed by atoms with Gasteiger partial charge in [0.1, 0.15) is 12.2 Å². The van der Waals surface area contributed by atoms with Gasteiger partial charge in [0.05, 0.1) is 12.7 Å². The van der Waals surface area contributed by atoms with Gasteiger partial charge in [-0.2, -0.15) is 0 Å². The number of aliphatic hydroxyl groups is 2. The smallest absolute Gasteiger partial charge is 0.190 e. The molecule has 2 N–H and O–H groups in total. The molecule has 0 aromatic heterocycles. The Labute approximate surface area is 157 Å². The summed E-state index contributed by atoms with van der Waals surface area (Å²) in [6, 6.07) is 0. The molecule has 4 fully saturated rings. The molecule has 0 amide bonds. The van der Waals surface area contributed by atoms with Crippen LogP contribution >= 0.6 is 0 Å². The predicted octanol–water partition coefficient (Wildman–Crippen LogP) is 1.67. The lowest BCUT2D eigenvalue weighted by Gasteiger charge is -2.66. The van der Waals surface area contributed by atoms with Crippen LogP contribution in [0.5, 0.6) is 0 Å². The number of rotatable bonds is 2. The van der Waals surface area contributed by atoms with Crippen molar-refractivity contribution in [2.24, 2.45) is 22.7 Å². The number of hydrogen-bond acceptors (Lipinski definition) is 5. The van der Waals surface area contributed by atoms with Gasteiger partial charge < -0.3 is 14.9 Å². The molecule has 1 aliphatic heterocycles. The molecule has 1 spiro atoms. The molecule has 5 aliphatic rings. The number of carbonyl (C=O) groups is 2. The van der Waals surface area contributed by atoms with E-state index in [9.17, 15) is 19.8 Å². The lowest BCUT2D eigenvalue weighted by atomic mass is 9.43. The van der Waals surface area contributed by atoms with Crippen molar-refractivity contribution in [3.05, 3.63) is 23.8 Å². The number of aliphatic hydroxyl groups excluding tert-OH is 2. The van der Waals surface area contributed by atoms with E-state index in [2.05, 4.69) is 0 Å². The van der Waals surface area contributed by atoms with Gasteiger partial charge in [0.2, 0.25) is 0 Å². The molecule has 5 nitrogen and oxygen atoms in total. The zero-order valence-electron chi connectivity index (χ0n) is 15.4. The van der Waals surface area contributed by atoms with Crippen LogP contribution in [0.15, 0.2) is 23.8 Å². The molecule has 0 unspecified atom stereocenters. The zero-order valence-corrected chi connectivity index (χ0v) is 15.4. The molecule has 0 aromatic rings. The average molecular weight is 376 g/mol. The summed E-state index contributed by atoms with van der Waals surface area (Å²) in [5.74, 6) is -0.953. The van der Waals surface area contributed by atoms with Crippen LogP contribution in [-0.2, 0) is 14.3 Å². The van der Waals surface area contributed by atoms with E-state index in [1.807, 2.05) is 0 Å². The van der Waals surface area contributed by atoms with E-state index >= 15 is 4.39 Å². The number of ketones is 2. The molecule has 5 rings (SSSR count). The van der Waals surface area contributed by atoms with Gasteiger partial charge in [-0.05, 0) is 57.1 Å². The Balaban J connectivity index is 1.60. The maximum absolute atomic E-state index is 16.8. The van der Waals surface area contributed by atoms with Crippen molar-refractivity contribution in [2.45, 2.75) is 56.4 Å². The summed E-state index contributed by atoms with van der Waals surface area (Å²) in [6.45, 7) is 1.53. The third kappa shape index (κ3) is 1.72. The Kier molecular flexibility index (Phi) is 3.38. The van der Waals surface area contributed by atoms with Crippen LogP contribution < -0.4 is 0 Å². The van der Waals surface area contributed by atoms with E-state index in [0.29, 0.717) is 32.3 Å². The maximum atomic E-state index is 16.8. The van der Waals surface area contributed by atoms with Crippen molar-refractivity contribution in [1.82, 2.24) is 0 Å². The summed E-state index contributed by atoms with van der Waals surface area (Å²) in [5, 5.41) is 20.6. The number of alkyl halides is 1. The maximum Gasteiger partial charge on any atom is 0.190 e. The van der Waals surface area contributed by atoms with E-state index in [1.54, 1.807) is 13.0 Å². The summed E-state index contributed by atoms with van der Waals surface area (Å²) in [5.41, 5.74) is -3.79. The van der Waals surface area contributed by atoms with Gasteiger partial charge in [-0.15, -0.1) is 0 Å². The van der Waals surface area contributed by atoms with Gasteiger partial charge >= 0.3 is 0 Å². The Hall–Kier alpha value is -1.37. The van der Waals surface area contributed by atoms with Gasteiger partial charge in [-0.25, -0.2) is 4.39 Å². The second-order valence-corrected chi connectivity index (χ2v) is 9.24. The highest BCUT2D eigenvalue weighted by Gasteiger charge is 2.79. The molecular formula is C21H25FO5. The van der Waals surface area contributed by atoms with Crippen LogP contribution in [0.2, 0.25) is 0 Å². The minimum atomic E-state index is -1.88. The fraction of sp³-hybridized carbons (Fsp3) is 0.714. The van der Waals surface area contributed by atoms with Gasteiger partial charge in [0.15, 0.2) is 17.2 Å². The van der Waals surface area contributed by atoms with Crippen LogP contribution in [0.25, 0.3) is 0 Å². The van der Waals surface area contributed by atoms with Gasteiger partial charge in [0.25, 0.3) is 0 Å². The first-order valence-electron chi connectivity index (χ1n) is 9.84. The van der Waals surface area contributed by atoms with E-state index in [0.717, 1.165) is 5.57 Å². The van der Waals surface area contributed by atoms with E-state index in [-0.39, 0.29) is 23.9 Å². The number of allylic oxidation sites excluding steroid dienone is 4. The van der Waals surface area contributed by atoms with Gasteiger partial charge in [-0.1, -0.05) is 11.6 Å². The second-order valence-electron chi connectivity index (χ2n) is 9.24. The quantitative estimate of drug-likeness (QED) is 0.766. The van der Waals surface area contributed by atoms with Crippen molar-refractivity contribution in [3.63, 3.8) is 0 Å². The third-order valence-corrected chi connectivity index (χ3v) is 8.64. The summed E-state index contributed by atoms with van der Waals surface area (Å²) < 4.78 is 22.5. The van der Waals surface area contributed by atoms with Crippen molar-refractivity contribution in [1.29, 1.82) is 0 Å². The van der Waals surface area contributed by atoms with Crippen LogP contribution in [0, 0.1) is 22.7 Å². The summed E-state index contributed by atoms with van der Waals surface area (Å²) in [4.78, 5) is 24.3. The first-order chi connectivity index (χ1) is 12.7. The number of fused-ring (bicyclic) bond motifs is 4. The minimum absolute atomic E-state index is 0.0699. The monoisotopic (exact) mass is 376 g/mol. The molecule has 7 atom stereocenters. The van der Waals surface area contributed by atoms with Gasteiger partial charge in [-0.3, -0.25) is 9.59 Å². The van der Waals surface area contributed by atoms with Crippen LogP contribution in [0.1, 0.15) is 39.0 Å². The number of halogens is 1. The predicted molar refractivity (Wildman–Crippen MR) is 93.5 cm³/mol. The highest BCUT2D eigenvalue weighted by Crippen LogP contribution is 2.73. The lowest BCUT2D eigenvalue weighted by Crippen LogP contribution is -2.75. The highest BCUT2D eigenvalue weighted by atomic mass is 19.1.